The molecule has 0 amide bonds. The molecular weight excluding hydrogens is 184 g/mol. The molecule has 0 aromatic heterocycles. The molecule has 2 N–H and O–H groups in total. The zero-order valence-corrected chi connectivity index (χ0v) is 7.80. The van der Waals surface area contributed by atoms with Crippen molar-refractivity contribution in [1.82, 2.24) is 0 Å². The van der Waals surface area contributed by atoms with Gasteiger partial charge in [-0.3, -0.25) is 0 Å². The number of carboxylic acid groups (broad SMARTS) is 1. The van der Waals surface area contributed by atoms with Gasteiger partial charge in [0.25, 0.3) is 5.79 Å². The molecule has 1 rings (SSSR count). The number of aliphatic hydroxyl groups is 1. The van der Waals surface area contributed by atoms with Gasteiger partial charge >= 0.3 is 5.97 Å². The van der Waals surface area contributed by atoms with E-state index in [1.54, 1.807) is 25.1 Å². The lowest BCUT2D eigenvalue weighted by Gasteiger charge is -2.22. The maximum absolute atomic E-state index is 10.8. The van der Waals surface area contributed by atoms with E-state index in [4.69, 9.17) is 9.84 Å². The van der Waals surface area contributed by atoms with Gasteiger partial charge in [-0.05, 0) is 6.92 Å². The van der Waals surface area contributed by atoms with Gasteiger partial charge in [0.2, 0.25) is 0 Å². The van der Waals surface area contributed by atoms with Gasteiger partial charge in [0.1, 0.15) is 0 Å². The van der Waals surface area contributed by atoms with Crippen molar-refractivity contribution in [2.45, 2.75) is 12.7 Å². The molecular formula is C10H12O4. The Balaban J connectivity index is 3.06. The minimum Gasteiger partial charge on any atom is -0.477 e. The van der Waals surface area contributed by atoms with E-state index in [1.807, 2.05) is 0 Å². The van der Waals surface area contributed by atoms with Gasteiger partial charge in [0.15, 0.2) is 0 Å². The van der Waals surface area contributed by atoms with Gasteiger partial charge in [0, 0.05) is 12.2 Å². The second kappa shape index (κ2) is 4.21. The van der Waals surface area contributed by atoms with Gasteiger partial charge in [-0.25, -0.2) is 4.79 Å². The summed E-state index contributed by atoms with van der Waals surface area (Å²) in [5.74, 6) is -3.65. The molecule has 0 aliphatic rings. The summed E-state index contributed by atoms with van der Waals surface area (Å²) in [5.41, 5.74) is 0.217. The predicted molar refractivity (Wildman–Crippen MR) is 49.6 cm³/mol. The lowest BCUT2D eigenvalue weighted by atomic mass is 10.1. The molecule has 4 heteroatoms. The molecule has 0 aliphatic carbocycles. The molecule has 1 aromatic carbocycles. The maximum Gasteiger partial charge on any atom is 0.369 e. The van der Waals surface area contributed by atoms with Crippen molar-refractivity contribution >= 4 is 5.97 Å². The maximum atomic E-state index is 10.8. The van der Waals surface area contributed by atoms with Crippen LogP contribution in [0.5, 0.6) is 0 Å². The molecule has 1 unspecified atom stereocenters. The first kappa shape index (κ1) is 10.7. The van der Waals surface area contributed by atoms with Crippen LogP contribution in [0.4, 0.5) is 0 Å². The topological polar surface area (TPSA) is 66.8 Å². The molecule has 1 aromatic rings. The van der Waals surface area contributed by atoms with Crippen LogP contribution in [0, 0.1) is 0 Å². The van der Waals surface area contributed by atoms with E-state index in [-0.39, 0.29) is 12.2 Å². The summed E-state index contributed by atoms with van der Waals surface area (Å²) in [6.45, 7) is 1.74. The summed E-state index contributed by atoms with van der Waals surface area (Å²) in [5, 5.41) is 18.6. The highest BCUT2D eigenvalue weighted by Gasteiger charge is 2.38. The third-order valence-electron chi connectivity index (χ3n) is 1.81. The highest BCUT2D eigenvalue weighted by Crippen LogP contribution is 2.22. The van der Waals surface area contributed by atoms with Crippen LogP contribution in [0.2, 0.25) is 0 Å². The first-order valence-electron chi connectivity index (χ1n) is 4.26. The molecule has 14 heavy (non-hydrogen) atoms. The molecule has 0 saturated carbocycles. The zero-order chi connectivity index (χ0) is 10.6. The molecule has 0 aliphatic heterocycles. The predicted octanol–water partition coefficient (Wildman–Crippen LogP) is 0.953. The second-order valence-corrected chi connectivity index (χ2v) is 2.75. The monoisotopic (exact) mass is 196 g/mol. The van der Waals surface area contributed by atoms with Gasteiger partial charge in [-0.1, -0.05) is 30.3 Å². The number of carbonyl (C=O) groups is 1. The average molecular weight is 196 g/mol. The van der Waals surface area contributed by atoms with Crippen molar-refractivity contribution in [3.63, 3.8) is 0 Å². The minimum absolute atomic E-state index is 0.123. The van der Waals surface area contributed by atoms with E-state index in [1.165, 1.54) is 12.1 Å². The van der Waals surface area contributed by atoms with Crippen LogP contribution < -0.4 is 0 Å². The van der Waals surface area contributed by atoms with Gasteiger partial charge < -0.3 is 14.9 Å². The summed E-state index contributed by atoms with van der Waals surface area (Å²) in [6.07, 6.45) is 0. The minimum atomic E-state index is -2.24. The Kier molecular flexibility index (Phi) is 3.22. The molecule has 0 spiro atoms. The molecule has 0 radical (unpaired) electrons. The Morgan fingerprint density at radius 2 is 2.00 bits per heavy atom. The van der Waals surface area contributed by atoms with Crippen LogP contribution in [0.1, 0.15) is 12.5 Å². The summed E-state index contributed by atoms with van der Waals surface area (Å²) >= 11 is 0. The van der Waals surface area contributed by atoms with Crippen LogP contribution in [0.3, 0.4) is 0 Å². The first-order valence-corrected chi connectivity index (χ1v) is 4.26. The number of carboxylic acids is 1. The standard InChI is InChI=1S/C10H12O4/c1-2-14-10(13,9(11)12)8-6-4-3-5-7-8/h3-7,13H,2H2,1H3,(H,11,12). The van der Waals surface area contributed by atoms with Crippen LogP contribution in [-0.4, -0.2) is 22.8 Å². The number of hydrogen-bond donors (Lipinski definition) is 2. The lowest BCUT2D eigenvalue weighted by molar-refractivity contribution is -0.227. The van der Waals surface area contributed by atoms with E-state index < -0.39 is 11.8 Å². The second-order valence-electron chi connectivity index (χ2n) is 2.75. The van der Waals surface area contributed by atoms with Crippen molar-refractivity contribution in [3.8, 4) is 0 Å². The lowest BCUT2D eigenvalue weighted by Crippen LogP contribution is -2.38. The van der Waals surface area contributed by atoms with Gasteiger partial charge in [-0.15, -0.1) is 0 Å². The fourth-order valence-corrected chi connectivity index (χ4v) is 1.14. The largest absolute Gasteiger partial charge is 0.477 e. The van der Waals surface area contributed by atoms with Crippen LogP contribution in [0.25, 0.3) is 0 Å². The summed E-state index contributed by atoms with van der Waals surface area (Å²) in [6, 6.07) is 8.02. The third-order valence-corrected chi connectivity index (χ3v) is 1.81. The van der Waals surface area contributed by atoms with Crippen molar-refractivity contribution in [2.75, 3.05) is 6.61 Å². The van der Waals surface area contributed by atoms with Crippen molar-refractivity contribution in [3.05, 3.63) is 35.9 Å². The van der Waals surface area contributed by atoms with Crippen LogP contribution >= 0.6 is 0 Å². The third kappa shape index (κ3) is 1.92. The molecule has 1 atom stereocenters. The number of ether oxygens (including phenoxy) is 1. The molecule has 0 fully saturated rings. The highest BCUT2D eigenvalue weighted by molar-refractivity contribution is 5.77. The van der Waals surface area contributed by atoms with Crippen LogP contribution in [0.15, 0.2) is 30.3 Å². The number of hydrogen-bond acceptors (Lipinski definition) is 3. The number of aliphatic carboxylic acids is 1. The summed E-state index contributed by atoms with van der Waals surface area (Å²) in [4.78, 5) is 10.8. The normalized spacial score (nSPS) is 14.7. The molecule has 0 saturated heterocycles. The van der Waals surface area contributed by atoms with Gasteiger partial charge in [0.05, 0.1) is 0 Å². The van der Waals surface area contributed by atoms with Crippen molar-refractivity contribution in [1.29, 1.82) is 0 Å². The van der Waals surface area contributed by atoms with E-state index >= 15 is 0 Å². The number of benzene rings is 1. The fraction of sp³-hybridized carbons (Fsp3) is 0.300. The van der Waals surface area contributed by atoms with E-state index in [0.717, 1.165) is 0 Å². The Morgan fingerprint density at radius 1 is 1.43 bits per heavy atom. The quantitative estimate of drug-likeness (QED) is 0.704. The summed E-state index contributed by atoms with van der Waals surface area (Å²) in [7, 11) is 0. The Labute approximate surface area is 81.8 Å². The molecule has 76 valence electrons. The number of rotatable bonds is 4. The van der Waals surface area contributed by atoms with Gasteiger partial charge in [-0.2, -0.15) is 0 Å². The zero-order valence-electron chi connectivity index (χ0n) is 7.80. The SMILES string of the molecule is CCOC(O)(C(=O)O)c1ccccc1. The van der Waals surface area contributed by atoms with E-state index in [2.05, 4.69) is 0 Å². The van der Waals surface area contributed by atoms with E-state index in [9.17, 15) is 9.90 Å². The van der Waals surface area contributed by atoms with Crippen molar-refractivity contribution in [2.24, 2.45) is 0 Å². The van der Waals surface area contributed by atoms with E-state index in [0.29, 0.717) is 0 Å². The fourth-order valence-electron chi connectivity index (χ4n) is 1.14. The Morgan fingerprint density at radius 3 is 2.43 bits per heavy atom. The molecule has 0 heterocycles. The first-order chi connectivity index (χ1) is 6.61. The smallest absolute Gasteiger partial charge is 0.369 e. The molecule has 4 nitrogen and oxygen atoms in total. The average Bonchev–Trinajstić information content (AvgIpc) is 2.19. The summed E-state index contributed by atoms with van der Waals surface area (Å²) < 4.78 is 4.83. The molecule has 0 bridgehead atoms. The highest BCUT2D eigenvalue weighted by atomic mass is 16.6. The Bertz CT molecular complexity index is 309. The Hall–Kier alpha value is -1.39. The van der Waals surface area contributed by atoms with Crippen LogP contribution in [-0.2, 0) is 15.3 Å². The van der Waals surface area contributed by atoms with Crippen molar-refractivity contribution < 1.29 is 19.7 Å².